The molecule has 0 N–H and O–H groups in total. The molecule has 0 spiro atoms. The van der Waals surface area contributed by atoms with Crippen molar-refractivity contribution in [1.29, 1.82) is 0 Å². The summed E-state index contributed by atoms with van der Waals surface area (Å²) in [5.41, 5.74) is 2.43. The zero-order valence-corrected chi connectivity index (χ0v) is 12.2. The number of carbonyl (C=O) groups is 1. The van der Waals surface area contributed by atoms with Gasteiger partial charge in [0, 0.05) is 0 Å². The van der Waals surface area contributed by atoms with Crippen molar-refractivity contribution < 1.29 is 27.4 Å². The van der Waals surface area contributed by atoms with Crippen LogP contribution in [-0.4, -0.2) is 19.1 Å². The van der Waals surface area contributed by atoms with Gasteiger partial charge in [-0.15, -0.1) is 13.2 Å². The first-order chi connectivity index (χ1) is 10.4. The SMILES string of the molecule is O=C(OCCCc1ccc(C2CCCC2)cc1)OC(F)(F)F. The molecule has 1 aliphatic rings. The Hall–Kier alpha value is -1.72. The zero-order chi connectivity index (χ0) is 16.0. The molecule has 0 aromatic heterocycles. The number of aryl methyl sites for hydroxylation is 1. The molecule has 0 radical (unpaired) electrons. The maximum absolute atomic E-state index is 11.7. The number of ether oxygens (including phenoxy) is 2. The number of benzene rings is 1. The number of halogens is 3. The Morgan fingerprint density at radius 2 is 1.77 bits per heavy atom. The molecule has 1 aromatic carbocycles. The van der Waals surface area contributed by atoms with Crippen LogP contribution < -0.4 is 0 Å². The van der Waals surface area contributed by atoms with E-state index in [0.717, 1.165) is 5.56 Å². The van der Waals surface area contributed by atoms with Crippen molar-refractivity contribution in [1.82, 2.24) is 0 Å². The van der Waals surface area contributed by atoms with Crippen LogP contribution in [0.25, 0.3) is 0 Å². The van der Waals surface area contributed by atoms with E-state index in [1.807, 2.05) is 12.1 Å². The van der Waals surface area contributed by atoms with Crippen LogP contribution in [0, 0.1) is 0 Å². The predicted molar refractivity (Wildman–Crippen MR) is 74.5 cm³/mol. The minimum absolute atomic E-state index is 0.0979. The number of hydrogen-bond acceptors (Lipinski definition) is 3. The van der Waals surface area contributed by atoms with Gasteiger partial charge in [-0.3, -0.25) is 0 Å². The Labute approximate surface area is 127 Å². The summed E-state index contributed by atoms with van der Waals surface area (Å²) in [6.07, 6.45) is -0.532. The van der Waals surface area contributed by atoms with Crippen molar-refractivity contribution >= 4 is 6.16 Å². The molecule has 0 heterocycles. The second-order valence-corrected chi connectivity index (χ2v) is 5.47. The van der Waals surface area contributed by atoms with Gasteiger partial charge in [-0.1, -0.05) is 37.1 Å². The molecule has 1 aromatic rings. The first-order valence-electron chi connectivity index (χ1n) is 7.45. The van der Waals surface area contributed by atoms with Crippen molar-refractivity contribution in [3.8, 4) is 0 Å². The van der Waals surface area contributed by atoms with Crippen LogP contribution in [0.15, 0.2) is 24.3 Å². The van der Waals surface area contributed by atoms with E-state index in [-0.39, 0.29) is 6.61 Å². The van der Waals surface area contributed by atoms with Crippen LogP contribution in [0.4, 0.5) is 18.0 Å². The van der Waals surface area contributed by atoms with Gasteiger partial charge in [-0.25, -0.2) is 4.79 Å². The fraction of sp³-hybridized carbons (Fsp3) is 0.562. The van der Waals surface area contributed by atoms with Crippen LogP contribution in [0.3, 0.4) is 0 Å². The van der Waals surface area contributed by atoms with Crippen molar-refractivity contribution in [2.24, 2.45) is 0 Å². The van der Waals surface area contributed by atoms with Gasteiger partial charge in [0.1, 0.15) is 0 Å². The maximum atomic E-state index is 11.7. The highest BCUT2D eigenvalue weighted by Gasteiger charge is 2.34. The Balaban J connectivity index is 1.68. The standard InChI is InChI=1S/C16H19F3O3/c17-16(18,19)22-15(20)21-11-3-4-12-7-9-14(10-8-12)13-5-1-2-6-13/h7-10,13H,1-6,11H2. The van der Waals surface area contributed by atoms with Gasteiger partial charge in [0.05, 0.1) is 6.61 Å². The lowest BCUT2D eigenvalue weighted by Gasteiger charge is -2.10. The molecule has 1 aliphatic carbocycles. The van der Waals surface area contributed by atoms with Crippen molar-refractivity contribution in [2.75, 3.05) is 6.61 Å². The van der Waals surface area contributed by atoms with Crippen LogP contribution in [0.1, 0.15) is 49.1 Å². The molecule has 0 amide bonds. The topological polar surface area (TPSA) is 35.5 Å². The Kier molecular flexibility index (Phi) is 5.69. The molecule has 0 saturated heterocycles. The predicted octanol–water partition coefficient (Wildman–Crippen LogP) is 4.95. The molecule has 3 nitrogen and oxygen atoms in total. The van der Waals surface area contributed by atoms with E-state index in [1.54, 1.807) is 0 Å². The highest BCUT2D eigenvalue weighted by molar-refractivity contribution is 5.59. The molecule has 0 unspecified atom stereocenters. The van der Waals surface area contributed by atoms with E-state index < -0.39 is 12.5 Å². The third-order valence-electron chi connectivity index (χ3n) is 3.84. The van der Waals surface area contributed by atoms with E-state index in [0.29, 0.717) is 18.8 Å². The van der Waals surface area contributed by atoms with Gasteiger partial charge in [-0.2, -0.15) is 0 Å². The van der Waals surface area contributed by atoms with E-state index in [9.17, 15) is 18.0 Å². The van der Waals surface area contributed by atoms with Gasteiger partial charge in [0.2, 0.25) is 0 Å². The molecule has 2 rings (SSSR count). The summed E-state index contributed by atoms with van der Waals surface area (Å²) in [7, 11) is 0. The zero-order valence-electron chi connectivity index (χ0n) is 12.2. The highest BCUT2D eigenvalue weighted by atomic mass is 19.4. The molecule has 122 valence electrons. The summed E-state index contributed by atoms with van der Waals surface area (Å²) in [5.74, 6) is 0.662. The maximum Gasteiger partial charge on any atom is 0.577 e. The lowest BCUT2D eigenvalue weighted by atomic mass is 9.96. The van der Waals surface area contributed by atoms with Crippen LogP contribution in [-0.2, 0) is 15.9 Å². The van der Waals surface area contributed by atoms with Crippen molar-refractivity contribution in [2.45, 2.75) is 50.8 Å². The van der Waals surface area contributed by atoms with Gasteiger partial charge in [-0.05, 0) is 42.7 Å². The van der Waals surface area contributed by atoms with E-state index in [1.165, 1.54) is 31.2 Å². The van der Waals surface area contributed by atoms with E-state index >= 15 is 0 Å². The molecule has 0 aliphatic heterocycles. The van der Waals surface area contributed by atoms with Crippen molar-refractivity contribution in [3.63, 3.8) is 0 Å². The number of rotatable bonds is 5. The molecular formula is C16H19F3O3. The summed E-state index contributed by atoms with van der Waals surface area (Å²) in [6.45, 7) is -0.0979. The average molecular weight is 316 g/mol. The third-order valence-corrected chi connectivity index (χ3v) is 3.84. The number of carbonyl (C=O) groups excluding carboxylic acids is 1. The highest BCUT2D eigenvalue weighted by Crippen LogP contribution is 2.34. The lowest BCUT2D eigenvalue weighted by Crippen LogP contribution is -2.20. The fourth-order valence-electron chi connectivity index (χ4n) is 2.77. The Morgan fingerprint density at radius 3 is 2.36 bits per heavy atom. The molecular weight excluding hydrogens is 297 g/mol. The third kappa shape index (κ3) is 5.58. The van der Waals surface area contributed by atoms with Crippen molar-refractivity contribution in [3.05, 3.63) is 35.4 Å². The van der Waals surface area contributed by atoms with Gasteiger partial charge < -0.3 is 9.47 Å². The summed E-state index contributed by atoms with van der Waals surface area (Å²) in [4.78, 5) is 10.7. The Morgan fingerprint density at radius 1 is 1.14 bits per heavy atom. The Bertz CT molecular complexity index is 476. The second kappa shape index (κ2) is 7.51. The quantitative estimate of drug-likeness (QED) is 0.569. The van der Waals surface area contributed by atoms with E-state index in [2.05, 4.69) is 21.6 Å². The number of hydrogen-bond donors (Lipinski definition) is 0. The van der Waals surface area contributed by atoms with Gasteiger partial charge in [0.15, 0.2) is 0 Å². The fourth-order valence-corrected chi connectivity index (χ4v) is 2.77. The first-order valence-corrected chi connectivity index (χ1v) is 7.45. The molecule has 6 heteroatoms. The van der Waals surface area contributed by atoms with E-state index in [4.69, 9.17) is 0 Å². The molecule has 0 bridgehead atoms. The normalized spacial score (nSPS) is 15.8. The van der Waals surface area contributed by atoms with Gasteiger partial charge >= 0.3 is 12.5 Å². The molecule has 1 fully saturated rings. The van der Waals surface area contributed by atoms with Crippen LogP contribution in [0.2, 0.25) is 0 Å². The first kappa shape index (κ1) is 16.6. The largest absolute Gasteiger partial charge is 0.577 e. The molecule has 22 heavy (non-hydrogen) atoms. The average Bonchev–Trinajstić information content (AvgIpc) is 2.96. The molecule has 0 atom stereocenters. The second-order valence-electron chi connectivity index (χ2n) is 5.47. The van der Waals surface area contributed by atoms with Crippen LogP contribution >= 0.6 is 0 Å². The summed E-state index contributed by atoms with van der Waals surface area (Å²) < 4.78 is 42.6. The minimum atomic E-state index is -4.99. The molecule has 1 saturated carbocycles. The summed E-state index contributed by atoms with van der Waals surface area (Å²) in [6, 6.07) is 8.29. The smallest absolute Gasteiger partial charge is 0.434 e. The summed E-state index contributed by atoms with van der Waals surface area (Å²) in [5, 5.41) is 0. The van der Waals surface area contributed by atoms with Crippen LogP contribution in [0.5, 0.6) is 0 Å². The lowest BCUT2D eigenvalue weighted by molar-refractivity contribution is -0.299. The summed E-state index contributed by atoms with van der Waals surface area (Å²) >= 11 is 0. The van der Waals surface area contributed by atoms with Gasteiger partial charge in [0.25, 0.3) is 0 Å². The monoisotopic (exact) mass is 316 g/mol. The number of alkyl halides is 3. The minimum Gasteiger partial charge on any atom is -0.434 e.